The second-order valence-corrected chi connectivity index (χ2v) is 5.84. The van der Waals surface area contributed by atoms with Crippen LogP contribution in [0.4, 0.5) is 20.7 Å². The summed E-state index contributed by atoms with van der Waals surface area (Å²) in [4.78, 5) is 13.3. The van der Waals surface area contributed by atoms with Crippen LogP contribution in [-0.4, -0.2) is 17.4 Å². The average molecular weight is 349 g/mol. The molecule has 0 atom stereocenters. The predicted molar refractivity (Wildman–Crippen MR) is 92.7 cm³/mol. The molecule has 23 heavy (non-hydrogen) atoms. The number of thioether (sulfide) groups is 1. The van der Waals surface area contributed by atoms with Crippen LogP contribution in [0.25, 0.3) is 11.0 Å². The van der Waals surface area contributed by atoms with E-state index in [4.69, 9.17) is 4.52 Å². The van der Waals surface area contributed by atoms with Crippen LogP contribution in [0.2, 0.25) is 0 Å². The third kappa shape index (κ3) is 3.13. The van der Waals surface area contributed by atoms with Crippen molar-refractivity contribution in [2.75, 3.05) is 15.9 Å². The van der Waals surface area contributed by atoms with Crippen molar-refractivity contribution in [3.8, 4) is 0 Å². The molecule has 2 aromatic carbocycles. The maximum atomic E-state index is 13.2. The number of thiol groups is 1. The van der Waals surface area contributed by atoms with Gasteiger partial charge < -0.3 is 9.84 Å². The first-order valence-corrected chi connectivity index (χ1v) is 8.20. The molecule has 0 saturated heterocycles. The largest absolute Gasteiger partial charge is 0.354 e. The van der Waals surface area contributed by atoms with Crippen LogP contribution in [0.1, 0.15) is 0 Å². The van der Waals surface area contributed by atoms with Crippen molar-refractivity contribution in [3.05, 3.63) is 48.3 Å². The summed E-state index contributed by atoms with van der Waals surface area (Å²) < 4.78 is 19.2. The summed E-state index contributed by atoms with van der Waals surface area (Å²) in [6.45, 7) is 0. The number of aromatic nitrogens is 1. The number of nitrogens with one attached hydrogen (secondary N) is 1. The maximum absolute atomic E-state index is 13.2. The molecule has 3 aromatic rings. The van der Waals surface area contributed by atoms with Gasteiger partial charge in [0, 0.05) is 11.0 Å². The number of anilines is 2. The minimum Gasteiger partial charge on any atom is -0.354 e. The lowest BCUT2D eigenvalue weighted by Crippen LogP contribution is -2.27. The van der Waals surface area contributed by atoms with Gasteiger partial charge in [-0.1, -0.05) is 30.1 Å². The first kappa shape index (κ1) is 15.7. The molecule has 0 aliphatic heterocycles. The zero-order valence-electron chi connectivity index (χ0n) is 12.0. The number of urea groups is 1. The highest BCUT2D eigenvalue weighted by Crippen LogP contribution is 2.29. The van der Waals surface area contributed by atoms with Crippen molar-refractivity contribution in [3.63, 3.8) is 0 Å². The first-order chi connectivity index (χ1) is 11.1. The molecular weight excluding hydrogens is 337 g/mol. The number of halogens is 1. The number of hydrogen-bond donors (Lipinski definition) is 2. The van der Waals surface area contributed by atoms with Gasteiger partial charge in [-0.25, -0.2) is 13.5 Å². The van der Waals surface area contributed by atoms with Crippen LogP contribution in [0.5, 0.6) is 0 Å². The Morgan fingerprint density at radius 3 is 2.91 bits per heavy atom. The van der Waals surface area contributed by atoms with Crippen LogP contribution in [0, 0.1) is 5.82 Å². The Kier molecular flexibility index (Phi) is 4.44. The number of benzene rings is 2. The van der Waals surface area contributed by atoms with E-state index in [1.165, 1.54) is 30.0 Å². The van der Waals surface area contributed by atoms with E-state index in [9.17, 15) is 9.18 Å². The molecule has 0 saturated carbocycles. The van der Waals surface area contributed by atoms with Crippen LogP contribution in [0.15, 0.2) is 51.9 Å². The van der Waals surface area contributed by atoms with Gasteiger partial charge in [0.05, 0.1) is 11.1 Å². The van der Waals surface area contributed by atoms with Crippen molar-refractivity contribution < 1.29 is 13.7 Å². The molecular formula is C15H12FN3O2S2. The summed E-state index contributed by atoms with van der Waals surface area (Å²) in [5, 5.41) is 7.04. The summed E-state index contributed by atoms with van der Waals surface area (Å²) in [6, 6.07) is 10.9. The monoisotopic (exact) mass is 349 g/mol. The molecule has 1 aromatic heterocycles. The third-order valence-electron chi connectivity index (χ3n) is 3.16. The van der Waals surface area contributed by atoms with Gasteiger partial charge in [0.2, 0.25) is 0 Å². The molecule has 2 amide bonds. The zero-order chi connectivity index (χ0) is 16.4. The minimum absolute atomic E-state index is 0.197. The Balaban J connectivity index is 1.86. The van der Waals surface area contributed by atoms with E-state index in [0.717, 1.165) is 9.20 Å². The van der Waals surface area contributed by atoms with Crippen molar-refractivity contribution in [2.45, 2.75) is 4.90 Å². The molecule has 0 aliphatic carbocycles. The molecule has 0 aliphatic rings. The molecule has 0 unspecified atom stereocenters. The van der Waals surface area contributed by atoms with Gasteiger partial charge in [-0.2, -0.15) is 0 Å². The summed E-state index contributed by atoms with van der Waals surface area (Å²) in [5.74, 6) is -0.244. The quantitative estimate of drug-likeness (QED) is 0.537. The predicted octanol–water partition coefficient (Wildman–Crippen LogP) is 4.57. The number of para-hydroxylation sites is 1. The van der Waals surface area contributed by atoms with Gasteiger partial charge in [0.15, 0.2) is 11.4 Å². The molecule has 1 heterocycles. The molecule has 0 bridgehead atoms. The average Bonchev–Trinajstić information content (AvgIpc) is 2.97. The van der Waals surface area contributed by atoms with Crippen LogP contribution in [0.3, 0.4) is 0 Å². The van der Waals surface area contributed by atoms with Crippen LogP contribution in [-0.2, 0) is 0 Å². The smallest absolute Gasteiger partial charge is 0.337 e. The van der Waals surface area contributed by atoms with E-state index in [2.05, 4.69) is 23.3 Å². The van der Waals surface area contributed by atoms with Crippen LogP contribution < -0.4 is 9.62 Å². The molecule has 8 heteroatoms. The van der Waals surface area contributed by atoms with E-state index in [0.29, 0.717) is 11.1 Å². The highest BCUT2D eigenvalue weighted by Gasteiger charge is 2.20. The fourth-order valence-corrected chi connectivity index (χ4v) is 2.81. The van der Waals surface area contributed by atoms with Gasteiger partial charge in [-0.15, -0.1) is 11.8 Å². The second-order valence-electron chi connectivity index (χ2n) is 4.59. The zero-order valence-corrected chi connectivity index (χ0v) is 13.7. The molecule has 118 valence electrons. The standard InChI is InChI=1S/C15H12FN3O2S2/c1-23-13-5-3-2-4-11(13)17-15(20)19(22)14-10-7-6-9(16)8-12(10)21-18-14/h2-8,22H,1H3,(H,17,20). The summed E-state index contributed by atoms with van der Waals surface area (Å²) >= 11 is 5.69. The number of nitrogens with zero attached hydrogens (tertiary/aromatic N) is 2. The van der Waals surface area contributed by atoms with Crippen molar-refractivity contribution >= 4 is 53.1 Å². The Labute approximate surface area is 141 Å². The molecule has 0 fully saturated rings. The summed E-state index contributed by atoms with van der Waals surface area (Å²) in [6.07, 6.45) is 1.92. The highest BCUT2D eigenvalue weighted by molar-refractivity contribution is 7.98. The van der Waals surface area contributed by atoms with Crippen molar-refractivity contribution in [2.24, 2.45) is 0 Å². The molecule has 1 N–H and O–H groups in total. The van der Waals surface area contributed by atoms with Gasteiger partial charge in [-0.05, 0) is 30.5 Å². The highest BCUT2D eigenvalue weighted by atomic mass is 32.2. The number of carbonyl (C=O) groups is 1. The number of fused-ring (bicyclic) bond motifs is 1. The maximum Gasteiger partial charge on any atom is 0.337 e. The fraction of sp³-hybridized carbons (Fsp3) is 0.0667. The first-order valence-electron chi connectivity index (χ1n) is 6.58. The molecule has 3 rings (SSSR count). The van der Waals surface area contributed by atoms with E-state index in [1.807, 2.05) is 24.5 Å². The summed E-state index contributed by atoms with van der Waals surface area (Å²) in [5.41, 5.74) is 0.916. The Hall–Kier alpha value is -2.19. The topological polar surface area (TPSA) is 58.4 Å². The molecule has 5 nitrogen and oxygen atoms in total. The summed E-state index contributed by atoms with van der Waals surface area (Å²) in [7, 11) is 0. The third-order valence-corrected chi connectivity index (χ3v) is 4.32. The van der Waals surface area contributed by atoms with Gasteiger partial charge in [0.25, 0.3) is 0 Å². The number of amides is 2. The lowest BCUT2D eigenvalue weighted by Gasteiger charge is -2.15. The fourth-order valence-electron chi connectivity index (χ4n) is 2.06. The minimum atomic E-state index is -0.491. The number of carbonyl (C=O) groups excluding carboxylic acids is 1. The van der Waals surface area contributed by atoms with Crippen LogP contribution >= 0.6 is 24.6 Å². The van der Waals surface area contributed by atoms with Gasteiger partial charge in [0.1, 0.15) is 5.82 Å². The Bertz CT molecular complexity index is 869. The Morgan fingerprint density at radius 1 is 1.35 bits per heavy atom. The van der Waals surface area contributed by atoms with Crippen molar-refractivity contribution in [1.29, 1.82) is 0 Å². The second kappa shape index (κ2) is 6.51. The van der Waals surface area contributed by atoms with E-state index >= 15 is 0 Å². The Morgan fingerprint density at radius 2 is 2.13 bits per heavy atom. The van der Waals surface area contributed by atoms with Gasteiger partial charge >= 0.3 is 6.03 Å². The SMILES string of the molecule is CSc1ccccc1NC(=O)N(S)c1noc2cc(F)ccc12. The van der Waals surface area contributed by atoms with Crippen molar-refractivity contribution in [1.82, 2.24) is 5.16 Å². The molecule has 0 radical (unpaired) electrons. The lowest BCUT2D eigenvalue weighted by molar-refractivity contribution is 0.260. The van der Waals surface area contributed by atoms with E-state index in [-0.39, 0.29) is 11.4 Å². The number of hydrogen-bond acceptors (Lipinski definition) is 5. The normalized spacial score (nSPS) is 10.7. The van der Waals surface area contributed by atoms with Gasteiger partial charge in [-0.3, -0.25) is 0 Å². The molecule has 0 spiro atoms. The number of rotatable bonds is 3. The lowest BCUT2D eigenvalue weighted by atomic mass is 10.2. The van der Waals surface area contributed by atoms with E-state index < -0.39 is 11.8 Å². The van der Waals surface area contributed by atoms with E-state index in [1.54, 1.807) is 6.07 Å².